The minimum Gasteiger partial charge on any atom is -0.480 e. The number of hydrogen-bond acceptors (Lipinski definition) is 6. The molecule has 2 aromatic carbocycles. The number of amides is 1. The highest BCUT2D eigenvalue weighted by atomic mass is 16.4. The minimum absolute atomic E-state index is 0.126. The molecule has 0 saturated carbocycles. The first-order valence-electron chi connectivity index (χ1n) is 12.6. The van der Waals surface area contributed by atoms with Gasteiger partial charge in [0.2, 0.25) is 0 Å². The molecule has 1 amide bonds. The highest BCUT2D eigenvalue weighted by Crippen LogP contribution is 2.19. The molecule has 198 valence electrons. The molecule has 0 spiro atoms. The van der Waals surface area contributed by atoms with E-state index >= 15 is 0 Å². The fourth-order valence-electron chi connectivity index (χ4n) is 4.41. The van der Waals surface area contributed by atoms with Gasteiger partial charge in [-0.15, -0.1) is 0 Å². The molecule has 2 heterocycles. The number of carbonyl (C=O) groups excluding carboxylic acids is 1. The zero-order chi connectivity index (χ0) is 27.9. The Morgan fingerprint density at radius 1 is 1.10 bits per heavy atom. The Balaban J connectivity index is 1.42. The van der Waals surface area contributed by atoms with Gasteiger partial charge in [0.15, 0.2) is 0 Å². The lowest BCUT2D eigenvalue weighted by atomic mass is 9.96. The molecule has 0 saturated heterocycles. The second-order valence-electron chi connectivity index (χ2n) is 9.37. The molecule has 9 heteroatoms. The number of carboxylic acids is 1. The van der Waals surface area contributed by atoms with Crippen molar-refractivity contribution >= 4 is 17.7 Å². The molecular weight excluding hydrogens is 492 g/mol. The van der Waals surface area contributed by atoms with Crippen molar-refractivity contribution in [2.45, 2.75) is 46.2 Å². The molecule has 3 N–H and O–H groups in total. The Morgan fingerprint density at radius 2 is 1.87 bits per heavy atom. The summed E-state index contributed by atoms with van der Waals surface area (Å²) in [6, 6.07) is 15.7. The van der Waals surface area contributed by atoms with Crippen LogP contribution in [0.25, 0.3) is 5.69 Å². The number of nitrogens with one attached hydrogen (secondary N) is 2. The second kappa shape index (κ2) is 12.0. The molecule has 1 atom stereocenters. The van der Waals surface area contributed by atoms with Crippen LogP contribution >= 0.6 is 0 Å². The van der Waals surface area contributed by atoms with Crippen molar-refractivity contribution in [1.82, 2.24) is 19.9 Å². The molecular formula is C30H30N6O3. The highest BCUT2D eigenvalue weighted by Gasteiger charge is 2.24. The monoisotopic (exact) mass is 522 g/mol. The van der Waals surface area contributed by atoms with E-state index in [1.807, 2.05) is 61.0 Å². The van der Waals surface area contributed by atoms with E-state index in [0.717, 1.165) is 28.3 Å². The standard InChI is InChI=1S/C30H30N6O3/c1-4-23-13-22(15-31)12-20(3)28(23)29(37)35-26(30(38)39)14-21-5-7-25(8-6-21)36-17-24(34-18-36)16-33-27-11-19(2)9-10-32-27/h5-13,17-18,26H,4,14,16H2,1-3H3,(H,32,33)(H,35,37)(H,38,39). The first kappa shape index (κ1) is 27.1. The molecule has 2 aromatic heterocycles. The number of benzene rings is 2. The van der Waals surface area contributed by atoms with Crippen LogP contribution in [-0.4, -0.2) is 37.6 Å². The van der Waals surface area contributed by atoms with E-state index in [1.165, 1.54) is 0 Å². The third-order valence-electron chi connectivity index (χ3n) is 6.43. The third-order valence-corrected chi connectivity index (χ3v) is 6.43. The summed E-state index contributed by atoms with van der Waals surface area (Å²) >= 11 is 0. The summed E-state index contributed by atoms with van der Waals surface area (Å²) in [5.41, 5.74) is 5.86. The van der Waals surface area contributed by atoms with Crippen molar-refractivity contribution in [2.75, 3.05) is 5.32 Å². The highest BCUT2D eigenvalue weighted by molar-refractivity contribution is 5.99. The van der Waals surface area contributed by atoms with E-state index < -0.39 is 17.9 Å². The normalized spacial score (nSPS) is 11.4. The summed E-state index contributed by atoms with van der Waals surface area (Å²) in [7, 11) is 0. The summed E-state index contributed by atoms with van der Waals surface area (Å²) in [4.78, 5) is 33.8. The molecule has 4 rings (SSSR count). The van der Waals surface area contributed by atoms with Crippen LogP contribution in [-0.2, 0) is 24.2 Å². The van der Waals surface area contributed by atoms with Crippen LogP contribution < -0.4 is 10.6 Å². The molecule has 0 bridgehead atoms. The van der Waals surface area contributed by atoms with Gasteiger partial charge in [-0.05, 0) is 78.9 Å². The van der Waals surface area contributed by atoms with Crippen molar-refractivity contribution in [3.05, 3.63) is 106 Å². The van der Waals surface area contributed by atoms with Crippen molar-refractivity contribution < 1.29 is 14.7 Å². The summed E-state index contributed by atoms with van der Waals surface area (Å²) < 4.78 is 1.89. The van der Waals surface area contributed by atoms with Crippen LogP contribution in [0.4, 0.5) is 5.82 Å². The van der Waals surface area contributed by atoms with E-state index in [9.17, 15) is 20.0 Å². The molecule has 1 unspecified atom stereocenters. The van der Waals surface area contributed by atoms with Gasteiger partial charge >= 0.3 is 5.97 Å². The molecule has 39 heavy (non-hydrogen) atoms. The van der Waals surface area contributed by atoms with E-state index in [4.69, 9.17) is 0 Å². The summed E-state index contributed by atoms with van der Waals surface area (Å²) in [5, 5.41) is 25.0. The van der Waals surface area contributed by atoms with Crippen LogP contribution in [0.1, 0.15) is 50.8 Å². The number of carboxylic acid groups (broad SMARTS) is 1. The lowest BCUT2D eigenvalue weighted by molar-refractivity contribution is -0.139. The molecule has 0 aliphatic carbocycles. The van der Waals surface area contributed by atoms with Crippen LogP contribution in [0, 0.1) is 25.2 Å². The number of anilines is 1. The Kier molecular flexibility index (Phi) is 8.37. The molecule has 9 nitrogen and oxygen atoms in total. The SMILES string of the molecule is CCc1cc(C#N)cc(C)c1C(=O)NC(Cc1ccc(-n2cnc(CNc3cc(C)ccn3)c2)cc1)C(=O)O. The number of nitrogens with zero attached hydrogens (tertiary/aromatic N) is 4. The predicted molar refractivity (Wildman–Crippen MR) is 148 cm³/mol. The minimum atomic E-state index is -1.12. The van der Waals surface area contributed by atoms with Crippen molar-refractivity contribution in [3.63, 3.8) is 0 Å². The van der Waals surface area contributed by atoms with Gasteiger partial charge in [-0.1, -0.05) is 19.1 Å². The van der Waals surface area contributed by atoms with E-state index in [-0.39, 0.29) is 6.42 Å². The lowest BCUT2D eigenvalue weighted by Crippen LogP contribution is -2.42. The molecule has 0 fully saturated rings. The zero-order valence-corrected chi connectivity index (χ0v) is 22.1. The summed E-state index contributed by atoms with van der Waals surface area (Å²) in [6.45, 7) is 6.18. The maximum Gasteiger partial charge on any atom is 0.326 e. The number of imidazole rings is 1. The number of pyridine rings is 1. The van der Waals surface area contributed by atoms with Gasteiger partial charge in [-0.25, -0.2) is 14.8 Å². The quantitative estimate of drug-likeness (QED) is 0.282. The zero-order valence-electron chi connectivity index (χ0n) is 22.1. The number of rotatable bonds is 10. The Hall–Kier alpha value is -4.97. The van der Waals surface area contributed by atoms with E-state index in [1.54, 1.807) is 31.6 Å². The smallest absolute Gasteiger partial charge is 0.326 e. The first-order chi connectivity index (χ1) is 18.8. The largest absolute Gasteiger partial charge is 0.480 e. The van der Waals surface area contributed by atoms with Gasteiger partial charge in [0.1, 0.15) is 11.9 Å². The van der Waals surface area contributed by atoms with Gasteiger partial charge in [0.25, 0.3) is 5.91 Å². The third kappa shape index (κ3) is 6.67. The molecule has 0 aliphatic rings. The average Bonchev–Trinajstić information content (AvgIpc) is 3.40. The Morgan fingerprint density at radius 3 is 2.54 bits per heavy atom. The topological polar surface area (TPSA) is 133 Å². The lowest BCUT2D eigenvalue weighted by Gasteiger charge is -2.18. The summed E-state index contributed by atoms with van der Waals surface area (Å²) in [6.07, 6.45) is 6.08. The van der Waals surface area contributed by atoms with E-state index in [0.29, 0.717) is 35.2 Å². The molecule has 4 aromatic rings. The van der Waals surface area contributed by atoms with Crippen LogP contribution in [0.5, 0.6) is 0 Å². The van der Waals surface area contributed by atoms with E-state index in [2.05, 4.69) is 26.7 Å². The fourth-order valence-corrected chi connectivity index (χ4v) is 4.41. The fraction of sp³-hybridized carbons (Fsp3) is 0.233. The number of aryl methyl sites for hydroxylation is 3. The number of carbonyl (C=O) groups is 2. The maximum absolute atomic E-state index is 13.1. The Labute approximate surface area is 227 Å². The summed E-state index contributed by atoms with van der Waals surface area (Å²) in [5.74, 6) is -0.792. The van der Waals surface area contributed by atoms with Crippen molar-refractivity contribution in [1.29, 1.82) is 5.26 Å². The van der Waals surface area contributed by atoms with Gasteiger partial charge in [0.05, 0.1) is 30.2 Å². The first-order valence-corrected chi connectivity index (χ1v) is 12.6. The average molecular weight is 523 g/mol. The predicted octanol–water partition coefficient (Wildman–Crippen LogP) is 4.36. The van der Waals surface area contributed by atoms with Gasteiger partial charge in [-0.3, -0.25) is 4.79 Å². The van der Waals surface area contributed by atoms with Crippen LogP contribution in [0.15, 0.2) is 67.3 Å². The van der Waals surface area contributed by atoms with Gasteiger partial charge in [0, 0.05) is 30.1 Å². The Bertz CT molecular complexity index is 1540. The van der Waals surface area contributed by atoms with Crippen LogP contribution in [0.2, 0.25) is 0 Å². The maximum atomic E-state index is 13.1. The van der Waals surface area contributed by atoms with Crippen molar-refractivity contribution in [2.24, 2.45) is 0 Å². The number of nitriles is 1. The second-order valence-corrected chi connectivity index (χ2v) is 9.37. The number of aromatic nitrogens is 3. The van der Waals surface area contributed by atoms with Gasteiger partial charge in [-0.2, -0.15) is 5.26 Å². The molecule has 0 aliphatic heterocycles. The number of aliphatic carboxylic acids is 1. The van der Waals surface area contributed by atoms with Crippen LogP contribution in [0.3, 0.4) is 0 Å². The van der Waals surface area contributed by atoms with Crippen molar-refractivity contribution in [3.8, 4) is 11.8 Å². The van der Waals surface area contributed by atoms with Gasteiger partial charge < -0.3 is 20.3 Å². The molecule has 0 radical (unpaired) electrons. The number of hydrogen-bond donors (Lipinski definition) is 3.